The standard InChI is InChI=1S/C18H17FN4O3S/c1-26-15-5-4-10(7-11(15)19)12-8-23-14(9-27-18(23)21-12)17(25)22-6-2-3-13(22)16(20)24/h4-5,7-9,13H,2-3,6H2,1H3,(H2,20,24)/t13-/m0/s1. The molecule has 1 aliphatic rings. The van der Waals surface area contributed by atoms with E-state index < -0.39 is 17.8 Å². The number of carbonyl (C=O) groups excluding carboxylic acids is 2. The summed E-state index contributed by atoms with van der Waals surface area (Å²) in [6, 6.07) is 4.01. The van der Waals surface area contributed by atoms with Crippen molar-refractivity contribution in [1.29, 1.82) is 0 Å². The normalized spacial score (nSPS) is 16.8. The third-order valence-electron chi connectivity index (χ3n) is 4.72. The number of thiazole rings is 1. The Kier molecular flexibility index (Phi) is 4.31. The minimum atomic E-state index is -0.578. The van der Waals surface area contributed by atoms with Crippen molar-refractivity contribution < 1.29 is 18.7 Å². The first-order valence-corrected chi connectivity index (χ1v) is 9.28. The van der Waals surface area contributed by atoms with Gasteiger partial charge in [0, 0.05) is 23.7 Å². The Labute approximate surface area is 158 Å². The third-order valence-corrected chi connectivity index (χ3v) is 5.56. The molecule has 3 aromatic rings. The van der Waals surface area contributed by atoms with Gasteiger partial charge in [-0.25, -0.2) is 9.37 Å². The number of primary amides is 1. The van der Waals surface area contributed by atoms with E-state index >= 15 is 0 Å². The molecule has 1 aromatic carbocycles. The van der Waals surface area contributed by atoms with E-state index in [0.29, 0.717) is 34.9 Å². The van der Waals surface area contributed by atoms with Crippen LogP contribution in [0.2, 0.25) is 0 Å². The van der Waals surface area contributed by atoms with Gasteiger partial charge in [-0.15, -0.1) is 11.3 Å². The fourth-order valence-corrected chi connectivity index (χ4v) is 4.20. The number of amides is 2. The number of ether oxygens (including phenoxy) is 1. The van der Waals surface area contributed by atoms with E-state index in [1.807, 2.05) is 0 Å². The number of imidazole rings is 1. The second-order valence-corrected chi connectivity index (χ2v) is 7.14. The fraction of sp³-hybridized carbons (Fsp3) is 0.278. The van der Waals surface area contributed by atoms with Gasteiger partial charge >= 0.3 is 0 Å². The average Bonchev–Trinajstić information content (AvgIpc) is 3.36. The van der Waals surface area contributed by atoms with Crippen LogP contribution < -0.4 is 10.5 Å². The van der Waals surface area contributed by atoms with Crippen molar-refractivity contribution in [3.8, 4) is 17.0 Å². The smallest absolute Gasteiger partial charge is 0.272 e. The van der Waals surface area contributed by atoms with Crippen LogP contribution in [0.15, 0.2) is 29.8 Å². The molecule has 0 unspecified atom stereocenters. The summed E-state index contributed by atoms with van der Waals surface area (Å²) < 4.78 is 20.6. The number of fused-ring (bicyclic) bond motifs is 1. The Hall–Kier alpha value is -2.94. The summed E-state index contributed by atoms with van der Waals surface area (Å²) in [4.78, 5) is 31.1. The molecule has 2 N–H and O–H groups in total. The molecule has 1 fully saturated rings. The maximum Gasteiger partial charge on any atom is 0.272 e. The van der Waals surface area contributed by atoms with Crippen LogP contribution in [-0.2, 0) is 4.79 Å². The van der Waals surface area contributed by atoms with Crippen LogP contribution in [0.3, 0.4) is 0 Å². The second-order valence-electron chi connectivity index (χ2n) is 6.31. The summed E-state index contributed by atoms with van der Waals surface area (Å²) in [5.41, 5.74) is 6.96. The summed E-state index contributed by atoms with van der Waals surface area (Å²) in [5, 5.41) is 1.71. The van der Waals surface area contributed by atoms with Crippen molar-refractivity contribution in [2.24, 2.45) is 5.73 Å². The van der Waals surface area contributed by atoms with Gasteiger partial charge in [0.2, 0.25) is 5.91 Å². The van der Waals surface area contributed by atoms with Crippen LogP contribution in [0.25, 0.3) is 16.2 Å². The van der Waals surface area contributed by atoms with E-state index in [0.717, 1.165) is 6.42 Å². The van der Waals surface area contributed by atoms with Crippen molar-refractivity contribution in [2.45, 2.75) is 18.9 Å². The van der Waals surface area contributed by atoms with Gasteiger partial charge in [0.05, 0.1) is 12.8 Å². The molecular weight excluding hydrogens is 371 g/mol. The number of likely N-dealkylation sites (tertiary alicyclic amines) is 1. The summed E-state index contributed by atoms with van der Waals surface area (Å²) in [6.45, 7) is 0.495. The lowest BCUT2D eigenvalue weighted by molar-refractivity contribution is -0.121. The Bertz CT molecular complexity index is 1040. The molecule has 2 amide bonds. The molecule has 7 nitrogen and oxygen atoms in total. The fourth-order valence-electron chi connectivity index (χ4n) is 3.36. The van der Waals surface area contributed by atoms with Gasteiger partial charge in [-0.05, 0) is 31.0 Å². The topological polar surface area (TPSA) is 89.9 Å². The highest BCUT2D eigenvalue weighted by Gasteiger charge is 2.34. The van der Waals surface area contributed by atoms with E-state index in [1.54, 1.807) is 22.0 Å². The number of methoxy groups -OCH3 is 1. The Morgan fingerprint density at radius 1 is 1.41 bits per heavy atom. The lowest BCUT2D eigenvalue weighted by Crippen LogP contribution is -2.44. The monoisotopic (exact) mass is 388 g/mol. The average molecular weight is 388 g/mol. The number of halogens is 1. The minimum absolute atomic E-state index is 0.155. The van der Waals surface area contributed by atoms with Crippen LogP contribution in [0.4, 0.5) is 4.39 Å². The van der Waals surface area contributed by atoms with Gasteiger partial charge in [-0.3, -0.25) is 14.0 Å². The first-order valence-electron chi connectivity index (χ1n) is 8.40. The Morgan fingerprint density at radius 2 is 2.22 bits per heavy atom. The molecule has 0 bridgehead atoms. The highest BCUT2D eigenvalue weighted by Crippen LogP contribution is 2.28. The predicted molar refractivity (Wildman–Crippen MR) is 98.3 cm³/mol. The summed E-state index contributed by atoms with van der Waals surface area (Å²) in [7, 11) is 1.40. The zero-order chi connectivity index (χ0) is 19.1. The molecule has 0 spiro atoms. The zero-order valence-corrected chi connectivity index (χ0v) is 15.3. The number of hydrogen-bond acceptors (Lipinski definition) is 5. The van der Waals surface area contributed by atoms with E-state index in [1.165, 1.54) is 35.5 Å². The van der Waals surface area contributed by atoms with Crippen LogP contribution in [0.5, 0.6) is 5.75 Å². The number of nitrogens with two attached hydrogens (primary N) is 1. The van der Waals surface area contributed by atoms with E-state index in [4.69, 9.17) is 10.5 Å². The van der Waals surface area contributed by atoms with E-state index in [9.17, 15) is 14.0 Å². The van der Waals surface area contributed by atoms with Crippen molar-refractivity contribution in [2.75, 3.05) is 13.7 Å². The van der Waals surface area contributed by atoms with Crippen molar-refractivity contribution in [3.05, 3.63) is 41.3 Å². The number of hydrogen-bond donors (Lipinski definition) is 1. The third kappa shape index (κ3) is 2.93. The number of benzene rings is 1. The van der Waals surface area contributed by atoms with Crippen molar-refractivity contribution in [1.82, 2.24) is 14.3 Å². The lowest BCUT2D eigenvalue weighted by atomic mass is 10.1. The number of nitrogens with zero attached hydrogens (tertiary/aromatic N) is 3. The summed E-state index contributed by atoms with van der Waals surface area (Å²) >= 11 is 1.31. The maximum atomic E-state index is 14.0. The molecule has 1 saturated heterocycles. The SMILES string of the molecule is COc1ccc(-c2cn3c(C(=O)N4CCC[C@H]4C(N)=O)csc3n2)cc1F. The Morgan fingerprint density at radius 3 is 2.93 bits per heavy atom. The molecule has 0 aliphatic carbocycles. The van der Waals surface area contributed by atoms with E-state index in [2.05, 4.69) is 4.98 Å². The summed E-state index contributed by atoms with van der Waals surface area (Å²) in [6.07, 6.45) is 3.01. The van der Waals surface area contributed by atoms with Gasteiger partial charge < -0.3 is 15.4 Å². The van der Waals surface area contributed by atoms with Crippen molar-refractivity contribution >= 4 is 28.1 Å². The maximum absolute atomic E-state index is 14.0. The number of carbonyl (C=O) groups is 2. The molecule has 0 saturated carbocycles. The summed E-state index contributed by atoms with van der Waals surface area (Å²) in [5.74, 6) is -1.08. The van der Waals surface area contributed by atoms with Gasteiger partial charge in [0.1, 0.15) is 11.7 Å². The molecule has 3 heterocycles. The van der Waals surface area contributed by atoms with Gasteiger partial charge in [0.15, 0.2) is 16.5 Å². The molecule has 2 aromatic heterocycles. The largest absolute Gasteiger partial charge is 0.494 e. The number of aromatic nitrogens is 2. The number of rotatable bonds is 4. The van der Waals surface area contributed by atoms with Crippen LogP contribution in [0, 0.1) is 5.82 Å². The highest BCUT2D eigenvalue weighted by atomic mass is 32.1. The molecule has 1 aliphatic heterocycles. The zero-order valence-electron chi connectivity index (χ0n) is 14.5. The molecule has 27 heavy (non-hydrogen) atoms. The van der Waals surface area contributed by atoms with Crippen LogP contribution in [-0.4, -0.2) is 45.8 Å². The quantitative estimate of drug-likeness (QED) is 0.743. The van der Waals surface area contributed by atoms with E-state index in [-0.39, 0.29) is 11.7 Å². The minimum Gasteiger partial charge on any atom is -0.494 e. The first kappa shape index (κ1) is 17.5. The molecule has 1 atom stereocenters. The highest BCUT2D eigenvalue weighted by molar-refractivity contribution is 7.15. The predicted octanol–water partition coefficient (Wildman–Crippen LogP) is 2.30. The molecule has 0 radical (unpaired) electrons. The second kappa shape index (κ2) is 6.66. The van der Waals surface area contributed by atoms with Gasteiger partial charge in [-0.1, -0.05) is 0 Å². The van der Waals surface area contributed by atoms with Gasteiger partial charge in [0.25, 0.3) is 5.91 Å². The first-order chi connectivity index (χ1) is 13.0. The Balaban J connectivity index is 1.69. The van der Waals surface area contributed by atoms with Crippen LogP contribution in [0.1, 0.15) is 23.3 Å². The van der Waals surface area contributed by atoms with Crippen LogP contribution >= 0.6 is 11.3 Å². The van der Waals surface area contributed by atoms with Crippen molar-refractivity contribution in [3.63, 3.8) is 0 Å². The lowest BCUT2D eigenvalue weighted by Gasteiger charge is -2.21. The molecule has 4 rings (SSSR count). The van der Waals surface area contributed by atoms with Gasteiger partial charge in [-0.2, -0.15) is 0 Å². The molecular formula is C18H17FN4O3S. The molecule has 140 valence electrons. The molecule has 9 heteroatoms.